The molecule has 0 saturated carbocycles. The molecule has 2 aliphatic rings. The van der Waals surface area contributed by atoms with Gasteiger partial charge in [0.1, 0.15) is 0 Å². The van der Waals surface area contributed by atoms with Crippen LogP contribution in [0.3, 0.4) is 0 Å². The first kappa shape index (κ1) is 24.7. The van der Waals surface area contributed by atoms with Crippen molar-refractivity contribution in [3.63, 3.8) is 0 Å². The lowest BCUT2D eigenvalue weighted by atomic mass is 10.2. The average molecular weight is 527 g/mol. The Labute approximate surface area is 208 Å². The lowest BCUT2D eigenvalue weighted by Gasteiger charge is -2.10. The van der Waals surface area contributed by atoms with Crippen molar-refractivity contribution < 1.29 is 0 Å². The van der Waals surface area contributed by atoms with E-state index >= 15 is 0 Å². The van der Waals surface area contributed by atoms with Gasteiger partial charge in [-0.1, -0.05) is 24.3 Å². The summed E-state index contributed by atoms with van der Waals surface area (Å²) in [5.74, 6) is 9.50. The van der Waals surface area contributed by atoms with Crippen molar-refractivity contribution in [1.82, 2.24) is 0 Å². The monoisotopic (exact) mass is 526 g/mol. The van der Waals surface area contributed by atoms with E-state index in [4.69, 9.17) is 0 Å². The Hall–Kier alpha value is 2.02. The van der Waals surface area contributed by atoms with Crippen LogP contribution in [0.1, 0.15) is 24.0 Å². The number of hydrogen-bond donors (Lipinski definition) is 2. The summed E-state index contributed by atoms with van der Waals surface area (Å²) in [5, 5.41) is 1.67. The molecule has 4 atom stereocenters. The molecule has 2 saturated heterocycles. The van der Waals surface area contributed by atoms with Gasteiger partial charge in [0.25, 0.3) is 0 Å². The molecule has 8 heteroatoms. The van der Waals surface area contributed by atoms with Crippen LogP contribution in [-0.4, -0.2) is 54.2 Å². The van der Waals surface area contributed by atoms with Crippen LogP contribution in [0.4, 0.5) is 0 Å². The fourth-order valence-corrected chi connectivity index (χ4v) is 13.8. The molecule has 2 fully saturated rings. The molecule has 0 radical (unpaired) electrons. The first-order valence-electron chi connectivity index (χ1n) is 9.76. The summed E-state index contributed by atoms with van der Waals surface area (Å²) in [7, 11) is 0. The van der Waals surface area contributed by atoms with E-state index in [0.717, 1.165) is 42.7 Å². The summed E-state index contributed by atoms with van der Waals surface area (Å²) in [6, 6.07) is 9.35. The van der Waals surface area contributed by atoms with Crippen molar-refractivity contribution in [2.45, 2.75) is 44.0 Å². The number of hydrogen-bond acceptors (Lipinski definition) is 8. The minimum atomic E-state index is 0.782. The van der Waals surface area contributed by atoms with Gasteiger partial charge in [0, 0.05) is 45.0 Å². The van der Waals surface area contributed by atoms with Gasteiger partial charge in [-0.25, -0.2) is 0 Å². The SMILES string of the molecule is SCCC1CSC(CSCc2ccc(CSCC3SCC(CCS)S3)cc2)S1. The second-order valence-corrected chi connectivity index (χ2v) is 16.0. The zero-order valence-corrected chi connectivity index (χ0v) is 22.7. The van der Waals surface area contributed by atoms with Gasteiger partial charge in [-0.05, 0) is 35.5 Å². The molecular weight excluding hydrogens is 497 g/mol. The molecule has 158 valence electrons. The van der Waals surface area contributed by atoms with Gasteiger partial charge >= 0.3 is 0 Å². The van der Waals surface area contributed by atoms with E-state index in [0.29, 0.717) is 0 Å². The number of thiol groups is 2. The van der Waals surface area contributed by atoms with Crippen molar-refractivity contribution >= 4 is 95.8 Å². The quantitative estimate of drug-likeness (QED) is 0.276. The van der Waals surface area contributed by atoms with Crippen molar-refractivity contribution in [1.29, 1.82) is 0 Å². The smallest absolute Gasteiger partial charge is 0.0596 e. The first-order chi connectivity index (χ1) is 13.8. The van der Waals surface area contributed by atoms with Gasteiger partial charge in [0.15, 0.2) is 0 Å². The first-order valence-corrected chi connectivity index (χ1v) is 17.3. The van der Waals surface area contributed by atoms with E-state index in [2.05, 4.69) is 120 Å². The van der Waals surface area contributed by atoms with Gasteiger partial charge in [0.05, 0.1) is 9.16 Å². The lowest BCUT2D eigenvalue weighted by molar-refractivity contribution is 0.939. The highest BCUT2D eigenvalue weighted by molar-refractivity contribution is 8.22. The maximum absolute atomic E-state index is 4.37. The van der Waals surface area contributed by atoms with Crippen LogP contribution >= 0.6 is 95.8 Å². The second-order valence-electron chi connectivity index (χ2n) is 6.91. The fourth-order valence-electron chi connectivity index (χ4n) is 3.06. The molecule has 2 aliphatic heterocycles. The minimum absolute atomic E-state index is 0.782. The van der Waals surface area contributed by atoms with Crippen LogP contribution in [-0.2, 0) is 11.5 Å². The molecule has 4 unspecified atom stereocenters. The molecule has 28 heavy (non-hydrogen) atoms. The molecule has 0 nitrogen and oxygen atoms in total. The van der Waals surface area contributed by atoms with Crippen molar-refractivity contribution in [2.75, 3.05) is 34.5 Å². The van der Waals surface area contributed by atoms with Crippen LogP contribution in [0.25, 0.3) is 0 Å². The molecule has 1 aromatic rings. The summed E-state index contributed by atoms with van der Waals surface area (Å²) in [6.07, 6.45) is 2.52. The van der Waals surface area contributed by atoms with E-state index < -0.39 is 0 Å². The summed E-state index contributed by atoms with van der Waals surface area (Å²) in [5.41, 5.74) is 2.94. The predicted molar refractivity (Wildman–Crippen MR) is 151 cm³/mol. The lowest BCUT2D eigenvalue weighted by Crippen LogP contribution is -2.02. The van der Waals surface area contributed by atoms with E-state index in [-0.39, 0.29) is 0 Å². The van der Waals surface area contributed by atoms with Gasteiger partial charge in [0.2, 0.25) is 0 Å². The van der Waals surface area contributed by atoms with Gasteiger partial charge in [-0.15, -0.1) is 47.0 Å². The van der Waals surface area contributed by atoms with Crippen LogP contribution in [0.15, 0.2) is 24.3 Å². The summed E-state index contributed by atoms with van der Waals surface area (Å²) in [6.45, 7) is 0. The Bertz CT molecular complexity index is 503. The molecule has 0 spiro atoms. The molecule has 0 bridgehead atoms. The fraction of sp³-hybridized carbons (Fsp3) is 0.700. The Morgan fingerprint density at radius 2 is 1.18 bits per heavy atom. The van der Waals surface area contributed by atoms with E-state index in [1.54, 1.807) is 0 Å². The standard InChI is InChI=1S/C20H30S8/c21-7-5-17-11-25-19(27-17)13-23-9-15-1-2-16(4-3-15)10-24-14-20-26-12-18(28-20)6-8-22/h1-4,17-22H,5-14H2. The third-order valence-electron chi connectivity index (χ3n) is 4.59. The highest BCUT2D eigenvalue weighted by Crippen LogP contribution is 2.42. The van der Waals surface area contributed by atoms with E-state index in [9.17, 15) is 0 Å². The minimum Gasteiger partial charge on any atom is -0.179 e. The van der Waals surface area contributed by atoms with Crippen LogP contribution in [0, 0.1) is 0 Å². The van der Waals surface area contributed by atoms with Gasteiger partial charge in [-0.3, -0.25) is 0 Å². The van der Waals surface area contributed by atoms with Crippen LogP contribution < -0.4 is 0 Å². The van der Waals surface area contributed by atoms with Gasteiger partial charge in [-0.2, -0.15) is 48.8 Å². The zero-order chi connectivity index (χ0) is 19.6. The molecule has 1 aromatic carbocycles. The summed E-state index contributed by atoms with van der Waals surface area (Å²) >= 11 is 21.6. The van der Waals surface area contributed by atoms with Crippen LogP contribution in [0.5, 0.6) is 0 Å². The Morgan fingerprint density at radius 1 is 0.750 bits per heavy atom. The van der Waals surface area contributed by atoms with Gasteiger partial charge < -0.3 is 0 Å². The average Bonchev–Trinajstić information content (AvgIpc) is 3.33. The van der Waals surface area contributed by atoms with Crippen molar-refractivity contribution in [3.05, 3.63) is 35.4 Å². The largest absolute Gasteiger partial charge is 0.179 e. The third kappa shape index (κ3) is 8.87. The second kappa shape index (κ2) is 14.2. The number of benzene rings is 1. The van der Waals surface area contributed by atoms with E-state index in [1.807, 2.05) is 0 Å². The Morgan fingerprint density at radius 3 is 1.57 bits per heavy atom. The zero-order valence-electron chi connectivity index (χ0n) is 16.0. The molecule has 2 heterocycles. The predicted octanol–water partition coefficient (Wildman–Crippen LogP) is 7.14. The molecule has 3 rings (SSSR count). The van der Waals surface area contributed by atoms with E-state index in [1.165, 1.54) is 47.0 Å². The Balaban J connectivity index is 1.28. The topological polar surface area (TPSA) is 0 Å². The highest BCUT2D eigenvalue weighted by Gasteiger charge is 2.25. The highest BCUT2D eigenvalue weighted by atomic mass is 32.2. The number of thioether (sulfide) groups is 6. The Kier molecular flexibility index (Phi) is 12.5. The third-order valence-corrected chi connectivity index (χ3v) is 14.9. The maximum atomic E-state index is 4.37. The summed E-state index contributed by atoms with van der Waals surface area (Å²) < 4.78 is 1.56. The molecule has 0 N–H and O–H groups in total. The van der Waals surface area contributed by atoms with Crippen molar-refractivity contribution in [3.8, 4) is 0 Å². The summed E-state index contributed by atoms with van der Waals surface area (Å²) in [4.78, 5) is 0. The normalized spacial score (nSPS) is 27.5. The molecule has 0 aromatic heterocycles. The molecule has 0 amide bonds. The maximum Gasteiger partial charge on any atom is 0.0596 e. The van der Waals surface area contributed by atoms with Crippen LogP contribution in [0.2, 0.25) is 0 Å². The molecular formula is C20H30S8. The molecule has 0 aliphatic carbocycles. The van der Waals surface area contributed by atoms with Crippen molar-refractivity contribution in [2.24, 2.45) is 0 Å². The number of rotatable bonds is 12.